The highest BCUT2D eigenvalue weighted by Crippen LogP contribution is 2.24. The molecule has 15 heavy (non-hydrogen) atoms. The zero-order valence-corrected chi connectivity index (χ0v) is 10.1. The average Bonchev–Trinajstić information content (AvgIpc) is 2.26. The molecule has 1 aromatic heterocycles. The fraction of sp³-hybridized carbons (Fsp3) is 0.400. The minimum Gasteiger partial charge on any atom is -0.469 e. The highest BCUT2D eigenvalue weighted by molar-refractivity contribution is 9.10. The van der Waals surface area contributed by atoms with Gasteiger partial charge in [-0.05, 0) is 28.9 Å². The molecule has 0 bridgehead atoms. The molecule has 0 aromatic carbocycles. The van der Waals surface area contributed by atoms with Crippen molar-refractivity contribution in [3.63, 3.8) is 0 Å². The number of hydrogen-bond donors (Lipinski definition) is 1. The predicted octanol–water partition coefficient (Wildman–Crippen LogP) is 1.69. The molecule has 0 aliphatic carbocycles. The number of methoxy groups -OCH3 is 1. The van der Waals surface area contributed by atoms with Crippen molar-refractivity contribution in [2.45, 2.75) is 13.0 Å². The third kappa shape index (κ3) is 3.00. The Kier molecular flexibility index (Phi) is 4.23. The first-order valence-corrected chi connectivity index (χ1v) is 5.22. The van der Waals surface area contributed by atoms with Crippen LogP contribution in [0, 0.1) is 5.92 Å². The molecular weight excluding hydrogens is 262 g/mol. The first kappa shape index (κ1) is 12.1. The Morgan fingerprint density at radius 3 is 2.80 bits per heavy atom. The number of hydrogen-bond acceptors (Lipinski definition) is 4. The number of aromatic nitrogens is 1. The largest absolute Gasteiger partial charge is 0.469 e. The highest BCUT2D eigenvalue weighted by atomic mass is 79.9. The van der Waals surface area contributed by atoms with Crippen LogP contribution in [-0.2, 0) is 9.53 Å². The minimum atomic E-state index is -0.901. The van der Waals surface area contributed by atoms with Crippen LogP contribution in [0.5, 0.6) is 0 Å². The Balaban J connectivity index is 2.84. The summed E-state index contributed by atoms with van der Waals surface area (Å²) in [4.78, 5) is 15.1. The summed E-state index contributed by atoms with van der Waals surface area (Å²) < 4.78 is 5.31. The summed E-state index contributed by atoms with van der Waals surface area (Å²) in [5.74, 6) is -1.05. The molecule has 0 amide bonds. The molecule has 0 radical (unpaired) electrons. The molecule has 1 heterocycles. The number of aliphatic hydroxyl groups is 1. The smallest absolute Gasteiger partial charge is 0.311 e. The number of carbonyl (C=O) groups excluding carboxylic acids is 1. The number of nitrogens with zero attached hydrogens (tertiary/aromatic N) is 1. The Morgan fingerprint density at radius 2 is 2.27 bits per heavy atom. The molecule has 0 saturated carbocycles. The van der Waals surface area contributed by atoms with Crippen LogP contribution in [0.2, 0.25) is 0 Å². The molecule has 2 atom stereocenters. The second kappa shape index (κ2) is 5.23. The number of esters is 1. The summed E-state index contributed by atoms with van der Waals surface area (Å²) >= 11 is 3.24. The van der Waals surface area contributed by atoms with Gasteiger partial charge in [0.25, 0.3) is 0 Å². The van der Waals surface area contributed by atoms with E-state index in [0.717, 1.165) is 4.47 Å². The summed E-state index contributed by atoms with van der Waals surface area (Å²) in [5, 5.41) is 9.85. The van der Waals surface area contributed by atoms with E-state index in [-0.39, 0.29) is 0 Å². The van der Waals surface area contributed by atoms with Gasteiger partial charge in [-0.3, -0.25) is 9.78 Å². The van der Waals surface area contributed by atoms with E-state index in [1.54, 1.807) is 19.2 Å². The summed E-state index contributed by atoms with van der Waals surface area (Å²) in [6.07, 6.45) is 2.23. The summed E-state index contributed by atoms with van der Waals surface area (Å²) in [7, 11) is 1.30. The Morgan fingerprint density at radius 1 is 1.60 bits per heavy atom. The van der Waals surface area contributed by atoms with E-state index in [0.29, 0.717) is 5.56 Å². The van der Waals surface area contributed by atoms with Gasteiger partial charge in [-0.25, -0.2) is 0 Å². The quantitative estimate of drug-likeness (QED) is 0.852. The Labute approximate surface area is 96.4 Å². The molecule has 1 aromatic rings. The van der Waals surface area contributed by atoms with Gasteiger partial charge in [0, 0.05) is 22.4 Å². The maximum atomic E-state index is 11.2. The third-order valence-corrected chi connectivity index (χ3v) is 2.55. The van der Waals surface area contributed by atoms with Crippen LogP contribution in [-0.4, -0.2) is 23.2 Å². The molecular formula is C10H12BrNO3. The maximum absolute atomic E-state index is 11.2. The monoisotopic (exact) mass is 273 g/mol. The lowest BCUT2D eigenvalue weighted by atomic mass is 9.99. The first-order chi connectivity index (χ1) is 7.06. The van der Waals surface area contributed by atoms with Gasteiger partial charge < -0.3 is 9.84 Å². The van der Waals surface area contributed by atoms with Crippen LogP contribution in [0.3, 0.4) is 0 Å². The van der Waals surface area contributed by atoms with E-state index < -0.39 is 18.0 Å². The van der Waals surface area contributed by atoms with Crippen LogP contribution in [0.15, 0.2) is 22.9 Å². The lowest BCUT2D eigenvalue weighted by molar-refractivity contribution is -0.148. The summed E-state index contributed by atoms with van der Waals surface area (Å²) in [5.41, 5.74) is 0.585. The molecule has 1 rings (SSSR count). The molecule has 4 nitrogen and oxygen atoms in total. The van der Waals surface area contributed by atoms with E-state index in [2.05, 4.69) is 25.7 Å². The summed E-state index contributed by atoms with van der Waals surface area (Å²) in [6.45, 7) is 1.61. The van der Waals surface area contributed by atoms with Gasteiger partial charge in [-0.1, -0.05) is 0 Å². The van der Waals surface area contributed by atoms with E-state index in [9.17, 15) is 9.90 Å². The second-order valence-electron chi connectivity index (χ2n) is 3.19. The number of carbonyl (C=O) groups is 1. The van der Waals surface area contributed by atoms with Gasteiger partial charge in [0.1, 0.15) is 0 Å². The van der Waals surface area contributed by atoms with E-state index in [4.69, 9.17) is 0 Å². The van der Waals surface area contributed by atoms with Crippen molar-refractivity contribution < 1.29 is 14.6 Å². The van der Waals surface area contributed by atoms with Crippen LogP contribution >= 0.6 is 15.9 Å². The van der Waals surface area contributed by atoms with E-state index in [1.165, 1.54) is 13.3 Å². The van der Waals surface area contributed by atoms with Crippen molar-refractivity contribution in [2.24, 2.45) is 5.92 Å². The predicted molar refractivity (Wildman–Crippen MR) is 58.1 cm³/mol. The molecule has 1 N–H and O–H groups in total. The molecule has 0 aliphatic heterocycles. The van der Waals surface area contributed by atoms with Crippen molar-refractivity contribution in [3.05, 3.63) is 28.5 Å². The number of aliphatic hydroxyl groups excluding tert-OH is 1. The van der Waals surface area contributed by atoms with Gasteiger partial charge in [0.2, 0.25) is 0 Å². The Bertz CT molecular complexity index is 356. The number of rotatable bonds is 3. The van der Waals surface area contributed by atoms with E-state index >= 15 is 0 Å². The molecule has 2 unspecified atom stereocenters. The molecule has 82 valence electrons. The lowest BCUT2D eigenvalue weighted by Crippen LogP contribution is -2.20. The van der Waals surface area contributed by atoms with Crippen LogP contribution < -0.4 is 0 Å². The zero-order chi connectivity index (χ0) is 11.4. The molecule has 0 fully saturated rings. The number of pyridine rings is 1. The van der Waals surface area contributed by atoms with Crippen LogP contribution in [0.1, 0.15) is 18.6 Å². The fourth-order valence-corrected chi connectivity index (χ4v) is 1.58. The molecule has 5 heteroatoms. The summed E-state index contributed by atoms with van der Waals surface area (Å²) in [6, 6.07) is 1.72. The zero-order valence-electron chi connectivity index (χ0n) is 8.48. The van der Waals surface area contributed by atoms with Crippen LogP contribution in [0.4, 0.5) is 0 Å². The second-order valence-corrected chi connectivity index (χ2v) is 4.11. The van der Waals surface area contributed by atoms with Crippen molar-refractivity contribution in [1.82, 2.24) is 4.98 Å². The first-order valence-electron chi connectivity index (χ1n) is 4.42. The van der Waals surface area contributed by atoms with Gasteiger partial charge in [-0.15, -0.1) is 0 Å². The topological polar surface area (TPSA) is 59.4 Å². The molecule has 0 spiro atoms. The SMILES string of the molecule is COC(=O)C(C)C(O)c1cncc(Br)c1. The van der Waals surface area contributed by atoms with Crippen molar-refractivity contribution in [1.29, 1.82) is 0 Å². The Hall–Kier alpha value is -0.940. The number of halogens is 1. The molecule has 0 aliphatic rings. The van der Waals surface area contributed by atoms with Crippen molar-refractivity contribution in [3.8, 4) is 0 Å². The van der Waals surface area contributed by atoms with Gasteiger partial charge in [-0.2, -0.15) is 0 Å². The standard InChI is InChI=1S/C10H12BrNO3/c1-6(10(14)15-2)9(13)7-3-8(11)5-12-4-7/h3-6,9,13H,1-2H3. The number of ether oxygens (including phenoxy) is 1. The van der Waals surface area contributed by atoms with Crippen molar-refractivity contribution >= 4 is 21.9 Å². The van der Waals surface area contributed by atoms with Crippen molar-refractivity contribution in [2.75, 3.05) is 7.11 Å². The normalized spacial score (nSPS) is 14.4. The maximum Gasteiger partial charge on any atom is 0.311 e. The fourth-order valence-electron chi connectivity index (χ4n) is 1.19. The lowest BCUT2D eigenvalue weighted by Gasteiger charge is -2.16. The van der Waals surface area contributed by atoms with Gasteiger partial charge in [0.15, 0.2) is 0 Å². The molecule has 0 saturated heterocycles. The van der Waals surface area contributed by atoms with E-state index in [1.807, 2.05) is 0 Å². The highest BCUT2D eigenvalue weighted by Gasteiger charge is 2.24. The third-order valence-electron chi connectivity index (χ3n) is 2.11. The average molecular weight is 274 g/mol. The van der Waals surface area contributed by atoms with Gasteiger partial charge in [0.05, 0.1) is 19.1 Å². The van der Waals surface area contributed by atoms with Crippen LogP contribution in [0.25, 0.3) is 0 Å². The minimum absolute atomic E-state index is 0.442. The van der Waals surface area contributed by atoms with Gasteiger partial charge >= 0.3 is 5.97 Å².